The Morgan fingerprint density at radius 1 is 1.38 bits per heavy atom. The molecule has 2 atom stereocenters. The molecule has 0 saturated carbocycles. The first-order valence-electron chi connectivity index (χ1n) is 6.19. The molecule has 0 radical (unpaired) electrons. The number of aliphatic hydroxyl groups excluding tert-OH is 1. The topological polar surface area (TPSA) is 20.2 Å². The second-order valence-electron chi connectivity index (χ2n) is 4.66. The number of allylic oxidation sites excluding steroid dienone is 1. The van der Waals surface area contributed by atoms with Crippen LogP contribution < -0.4 is 0 Å². The van der Waals surface area contributed by atoms with E-state index < -0.39 is 0 Å². The molecule has 1 aromatic rings. The lowest BCUT2D eigenvalue weighted by molar-refractivity contribution is 0.0874. The zero-order valence-electron chi connectivity index (χ0n) is 9.73. The number of benzene rings is 1. The average Bonchev–Trinajstić information content (AvgIpc) is 2.33. The highest BCUT2D eigenvalue weighted by molar-refractivity contribution is 5.31. The van der Waals surface area contributed by atoms with Crippen LogP contribution in [0.3, 0.4) is 0 Å². The van der Waals surface area contributed by atoms with E-state index in [-0.39, 0.29) is 6.10 Å². The van der Waals surface area contributed by atoms with Crippen LogP contribution >= 0.6 is 0 Å². The van der Waals surface area contributed by atoms with Gasteiger partial charge in [0.1, 0.15) is 0 Å². The molecule has 0 amide bonds. The van der Waals surface area contributed by atoms with Crippen LogP contribution in [0, 0.1) is 5.92 Å². The van der Waals surface area contributed by atoms with Crippen LogP contribution in [0.4, 0.5) is 0 Å². The summed E-state index contributed by atoms with van der Waals surface area (Å²) in [4.78, 5) is 0. The quantitative estimate of drug-likeness (QED) is 0.602. The summed E-state index contributed by atoms with van der Waals surface area (Å²) in [5, 5.41) is 10.3. The smallest absolute Gasteiger partial charge is 0.0820 e. The summed E-state index contributed by atoms with van der Waals surface area (Å²) >= 11 is 0. The SMILES string of the molecule is C=CCCCC1CCc2ccccc2C1O. The Morgan fingerprint density at radius 3 is 3.00 bits per heavy atom. The van der Waals surface area contributed by atoms with Crippen LogP contribution in [0.15, 0.2) is 36.9 Å². The fourth-order valence-corrected chi connectivity index (χ4v) is 2.63. The van der Waals surface area contributed by atoms with E-state index in [4.69, 9.17) is 0 Å². The van der Waals surface area contributed by atoms with E-state index in [9.17, 15) is 5.11 Å². The zero-order valence-corrected chi connectivity index (χ0v) is 9.73. The summed E-state index contributed by atoms with van der Waals surface area (Å²) < 4.78 is 0. The molecule has 1 aliphatic carbocycles. The minimum Gasteiger partial charge on any atom is -0.388 e. The standard InChI is InChI=1S/C15H20O/c1-2-3-4-8-13-11-10-12-7-5-6-9-14(12)15(13)16/h2,5-7,9,13,15-16H,1,3-4,8,10-11H2. The maximum Gasteiger partial charge on any atom is 0.0820 e. The van der Waals surface area contributed by atoms with Gasteiger partial charge in [0.15, 0.2) is 0 Å². The maximum atomic E-state index is 10.3. The molecule has 0 heterocycles. The van der Waals surface area contributed by atoms with Gasteiger partial charge in [-0.05, 0) is 49.1 Å². The summed E-state index contributed by atoms with van der Waals surface area (Å²) in [7, 11) is 0. The van der Waals surface area contributed by atoms with E-state index in [1.165, 1.54) is 5.56 Å². The molecule has 16 heavy (non-hydrogen) atoms. The minimum absolute atomic E-state index is 0.255. The number of rotatable bonds is 4. The fraction of sp³-hybridized carbons (Fsp3) is 0.467. The normalized spacial score (nSPS) is 23.8. The second-order valence-corrected chi connectivity index (χ2v) is 4.66. The minimum atomic E-state index is -0.255. The molecule has 0 aromatic heterocycles. The molecule has 2 rings (SSSR count). The summed E-state index contributed by atoms with van der Waals surface area (Å²) in [6.07, 6.45) is 7.26. The lowest BCUT2D eigenvalue weighted by atomic mass is 9.79. The van der Waals surface area contributed by atoms with Crippen molar-refractivity contribution in [2.24, 2.45) is 5.92 Å². The van der Waals surface area contributed by atoms with E-state index in [0.717, 1.165) is 37.7 Å². The lowest BCUT2D eigenvalue weighted by Crippen LogP contribution is -2.20. The number of hydrogen-bond donors (Lipinski definition) is 1. The third-order valence-corrected chi connectivity index (χ3v) is 3.59. The number of unbranched alkanes of at least 4 members (excludes halogenated alkanes) is 1. The molecule has 2 unspecified atom stereocenters. The lowest BCUT2D eigenvalue weighted by Gasteiger charge is -2.30. The third-order valence-electron chi connectivity index (χ3n) is 3.59. The van der Waals surface area contributed by atoms with Crippen molar-refractivity contribution >= 4 is 0 Å². The fourth-order valence-electron chi connectivity index (χ4n) is 2.63. The van der Waals surface area contributed by atoms with E-state index in [2.05, 4.69) is 24.8 Å². The number of fused-ring (bicyclic) bond motifs is 1. The number of aryl methyl sites for hydroxylation is 1. The number of aliphatic hydroxyl groups is 1. The van der Waals surface area contributed by atoms with Crippen molar-refractivity contribution in [3.8, 4) is 0 Å². The highest BCUT2D eigenvalue weighted by Gasteiger charge is 2.26. The molecule has 0 fully saturated rings. The molecular weight excluding hydrogens is 196 g/mol. The average molecular weight is 216 g/mol. The first-order chi connectivity index (χ1) is 7.83. The summed E-state index contributed by atoms with van der Waals surface area (Å²) in [6, 6.07) is 8.29. The maximum absolute atomic E-state index is 10.3. The van der Waals surface area contributed by atoms with E-state index in [1.54, 1.807) is 0 Å². The van der Waals surface area contributed by atoms with Crippen molar-refractivity contribution in [1.82, 2.24) is 0 Å². The van der Waals surface area contributed by atoms with Gasteiger partial charge >= 0.3 is 0 Å². The molecule has 0 bridgehead atoms. The van der Waals surface area contributed by atoms with Gasteiger partial charge in [-0.3, -0.25) is 0 Å². The van der Waals surface area contributed by atoms with Crippen LogP contribution in [-0.2, 0) is 6.42 Å². The molecule has 1 nitrogen and oxygen atoms in total. The molecule has 0 aliphatic heterocycles. The molecular formula is C15H20O. The molecule has 1 aromatic carbocycles. The monoisotopic (exact) mass is 216 g/mol. The Labute approximate surface area is 97.8 Å². The predicted octanol–water partition coefficient (Wildman–Crippen LogP) is 3.64. The highest BCUT2D eigenvalue weighted by Crippen LogP contribution is 2.36. The van der Waals surface area contributed by atoms with Gasteiger partial charge in [0, 0.05) is 0 Å². The predicted molar refractivity (Wildman–Crippen MR) is 67.3 cm³/mol. The summed E-state index contributed by atoms with van der Waals surface area (Å²) in [5.74, 6) is 0.440. The van der Waals surface area contributed by atoms with E-state index in [0.29, 0.717) is 5.92 Å². The van der Waals surface area contributed by atoms with Gasteiger partial charge in [-0.15, -0.1) is 6.58 Å². The molecule has 1 N–H and O–H groups in total. The molecule has 1 aliphatic rings. The van der Waals surface area contributed by atoms with Crippen molar-refractivity contribution in [3.05, 3.63) is 48.0 Å². The van der Waals surface area contributed by atoms with Gasteiger partial charge in [-0.1, -0.05) is 30.3 Å². The van der Waals surface area contributed by atoms with Gasteiger partial charge < -0.3 is 5.11 Å². The van der Waals surface area contributed by atoms with Gasteiger partial charge in [0.2, 0.25) is 0 Å². The van der Waals surface area contributed by atoms with Crippen molar-refractivity contribution in [3.63, 3.8) is 0 Å². The summed E-state index contributed by atoms with van der Waals surface area (Å²) in [5.41, 5.74) is 2.48. The van der Waals surface area contributed by atoms with Crippen molar-refractivity contribution in [2.75, 3.05) is 0 Å². The molecule has 0 saturated heterocycles. The Morgan fingerprint density at radius 2 is 2.19 bits per heavy atom. The van der Waals surface area contributed by atoms with Gasteiger partial charge in [-0.2, -0.15) is 0 Å². The Kier molecular flexibility index (Phi) is 3.79. The third kappa shape index (κ3) is 2.35. The van der Waals surface area contributed by atoms with Gasteiger partial charge in [-0.25, -0.2) is 0 Å². The summed E-state index contributed by atoms with van der Waals surface area (Å²) in [6.45, 7) is 3.74. The Hall–Kier alpha value is -1.08. The first kappa shape index (κ1) is 11.4. The zero-order chi connectivity index (χ0) is 11.4. The van der Waals surface area contributed by atoms with Crippen LogP contribution in [-0.4, -0.2) is 5.11 Å². The van der Waals surface area contributed by atoms with Crippen LogP contribution in [0.1, 0.15) is 42.9 Å². The largest absolute Gasteiger partial charge is 0.388 e. The van der Waals surface area contributed by atoms with E-state index in [1.807, 2.05) is 12.1 Å². The van der Waals surface area contributed by atoms with Gasteiger partial charge in [0.25, 0.3) is 0 Å². The highest BCUT2D eigenvalue weighted by atomic mass is 16.3. The van der Waals surface area contributed by atoms with Crippen LogP contribution in [0.25, 0.3) is 0 Å². The van der Waals surface area contributed by atoms with Crippen molar-refractivity contribution in [2.45, 2.75) is 38.2 Å². The molecule has 1 heteroatoms. The molecule has 86 valence electrons. The number of hydrogen-bond acceptors (Lipinski definition) is 1. The van der Waals surface area contributed by atoms with Crippen molar-refractivity contribution < 1.29 is 5.11 Å². The first-order valence-corrected chi connectivity index (χ1v) is 6.19. The van der Waals surface area contributed by atoms with Crippen LogP contribution in [0.5, 0.6) is 0 Å². The van der Waals surface area contributed by atoms with Crippen molar-refractivity contribution in [1.29, 1.82) is 0 Å². The second kappa shape index (κ2) is 5.31. The van der Waals surface area contributed by atoms with Crippen LogP contribution in [0.2, 0.25) is 0 Å². The molecule has 0 spiro atoms. The van der Waals surface area contributed by atoms with Gasteiger partial charge in [0.05, 0.1) is 6.10 Å². The Balaban J connectivity index is 2.03. The van der Waals surface area contributed by atoms with E-state index >= 15 is 0 Å². The Bertz CT molecular complexity index is 356.